The van der Waals surface area contributed by atoms with Crippen molar-refractivity contribution in [2.45, 2.75) is 32.1 Å². The van der Waals surface area contributed by atoms with Crippen LogP contribution in [0.3, 0.4) is 0 Å². The maximum Gasteiger partial charge on any atom is 0.275 e. The number of ketones is 1. The summed E-state index contributed by atoms with van der Waals surface area (Å²) >= 11 is 6.49. The zero-order valence-electron chi connectivity index (χ0n) is 11.5. The molecular formula is C14H17N3O2S2. The van der Waals surface area contributed by atoms with E-state index in [9.17, 15) is 9.59 Å². The van der Waals surface area contributed by atoms with Crippen molar-refractivity contribution in [1.29, 1.82) is 0 Å². The first kappa shape index (κ1) is 14.6. The number of carbonyl (C=O) groups is 1. The van der Waals surface area contributed by atoms with E-state index in [1.807, 2.05) is 0 Å². The number of aryl methyl sites for hydroxylation is 1. The third-order valence-corrected chi connectivity index (χ3v) is 4.84. The first-order valence-corrected chi connectivity index (χ1v) is 8.51. The Hall–Kier alpha value is -1.34. The lowest BCUT2D eigenvalue weighted by molar-refractivity contribution is -0.117. The van der Waals surface area contributed by atoms with Crippen molar-refractivity contribution >= 4 is 35.5 Å². The summed E-state index contributed by atoms with van der Waals surface area (Å²) in [6.07, 6.45) is 6.78. The molecule has 0 atom stereocenters. The van der Waals surface area contributed by atoms with Crippen LogP contribution in [-0.4, -0.2) is 21.5 Å². The number of aromatic nitrogens is 2. The van der Waals surface area contributed by atoms with Crippen LogP contribution < -0.4 is 10.9 Å². The van der Waals surface area contributed by atoms with Gasteiger partial charge in [-0.15, -0.1) is 11.8 Å². The minimum absolute atomic E-state index is 0.212. The van der Waals surface area contributed by atoms with Crippen LogP contribution >= 0.6 is 24.0 Å². The summed E-state index contributed by atoms with van der Waals surface area (Å²) in [5.41, 5.74) is 1.14. The molecule has 3 N–H and O–H groups in total. The van der Waals surface area contributed by atoms with Gasteiger partial charge in [0.2, 0.25) is 0 Å². The highest BCUT2D eigenvalue weighted by Crippen LogP contribution is 2.32. The SMILES string of the molecule is O=C(CS/C1=C\CCCc2[nH]c(=S)[nH]c(=O)c2N1)C1CC1. The second kappa shape index (κ2) is 6.19. The van der Waals surface area contributed by atoms with Crippen LogP contribution in [0, 0.1) is 10.7 Å². The standard InChI is InChI=1S/C14H17N3O2S2/c18-10(8-5-6-8)7-21-11-4-2-1-3-9-12(16-11)13(19)17-14(20)15-9/h4,8,16H,1-3,5-7H2,(H2,15,17,19,20)/b11-4-. The van der Waals surface area contributed by atoms with Gasteiger partial charge in [-0.25, -0.2) is 0 Å². The quantitative estimate of drug-likeness (QED) is 0.743. The number of aromatic amines is 2. The van der Waals surface area contributed by atoms with Crippen LogP contribution in [0.15, 0.2) is 15.9 Å². The Bertz CT molecular complexity index is 701. The smallest absolute Gasteiger partial charge is 0.275 e. The molecule has 112 valence electrons. The molecule has 2 heterocycles. The highest BCUT2D eigenvalue weighted by atomic mass is 32.2. The van der Waals surface area contributed by atoms with E-state index in [1.54, 1.807) is 0 Å². The molecule has 3 rings (SSSR count). The van der Waals surface area contributed by atoms with Gasteiger partial charge in [-0.2, -0.15) is 0 Å². The zero-order valence-corrected chi connectivity index (χ0v) is 13.2. The topological polar surface area (TPSA) is 77.8 Å². The molecule has 1 fully saturated rings. The third-order valence-electron chi connectivity index (χ3n) is 3.63. The maximum atomic E-state index is 12.0. The van der Waals surface area contributed by atoms with Gasteiger partial charge in [0.25, 0.3) is 5.56 Å². The number of Topliss-reactive ketones (excluding diaryl/α,β-unsaturated/α-hetero) is 1. The third kappa shape index (κ3) is 3.65. The number of hydrogen-bond acceptors (Lipinski definition) is 5. The predicted molar refractivity (Wildman–Crippen MR) is 87.1 cm³/mol. The highest BCUT2D eigenvalue weighted by Gasteiger charge is 2.29. The Kier molecular flexibility index (Phi) is 4.30. The molecule has 5 nitrogen and oxygen atoms in total. The van der Waals surface area contributed by atoms with Gasteiger partial charge >= 0.3 is 0 Å². The van der Waals surface area contributed by atoms with Crippen LogP contribution in [0.2, 0.25) is 0 Å². The van der Waals surface area contributed by atoms with E-state index in [-0.39, 0.29) is 11.5 Å². The van der Waals surface area contributed by atoms with Crippen molar-refractivity contribution in [3.8, 4) is 0 Å². The number of H-pyrrole nitrogens is 2. The van der Waals surface area contributed by atoms with Crippen LogP contribution in [0.25, 0.3) is 0 Å². The van der Waals surface area contributed by atoms with E-state index in [2.05, 4.69) is 21.4 Å². The lowest BCUT2D eigenvalue weighted by Gasteiger charge is -2.16. The Labute approximate surface area is 131 Å². The van der Waals surface area contributed by atoms with E-state index >= 15 is 0 Å². The summed E-state index contributed by atoms with van der Waals surface area (Å²) in [6.45, 7) is 0. The molecule has 21 heavy (non-hydrogen) atoms. The predicted octanol–water partition coefficient (Wildman–Crippen LogP) is 2.73. The average molecular weight is 323 g/mol. The monoisotopic (exact) mass is 323 g/mol. The Morgan fingerprint density at radius 2 is 2.19 bits per heavy atom. The molecule has 1 aliphatic carbocycles. The number of nitrogens with one attached hydrogen (secondary N) is 3. The van der Waals surface area contributed by atoms with Crippen molar-refractivity contribution in [3.05, 3.63) is 31.9 Å². The number of fused-ring (bicyclic) bond motifs is 1. The molecule has 0 spiro atoms. The minimum Gasteiger partial charge on any atom is -0.345 e. The second-order valence-electron chi connectivity index (χ2n) is 5.38. The molecule has 1 aromatic rings. The number of allylic oxidation sites excluding steroid dienone is 1. The molecule has 2 aliphatic rings. The molecule has 7 heteroatoms. The first-order valence-electron chi connectivity index (χ1n) is 7.11. The van der Waals surface area contributed by atoms with Crippen molar-refractivity contribution in [1.82, 2.24) is 9.97 Å². The van der Waals surface area contributed by atoms with E-state index in [4.69, 9.17) is 12.2 Å². The lowest BCUT2D eigenvalue weighted by Crippen LogP contribution is -2.19. The molecule has 1 saturated carbocycles. The number of rotatable bonds is 4. The highest BCUT2D eigenvalue weighted by molar-refractivity contribution is 8.03. The van der Waals surface area contributed by atoms with Crippen molar-refractivity contribution in [2.75, 3.05) is 11.1 Å². The lowest BCUT2D eigenvalue weighted by atomic mass is 10.1. The normalized spacial score (nSPS) is 20.5. The Balaban J connectivity index is 1.77. The Morgan fingerprint density at radius 1 is 1.38 bits per heavy atom. The minimum atomic E-state index is -0.212. The summed E-state index contributed by atoms with van der Waals surface area (Å²) in [5.74, 6) is 1.06. The van der Waals surface area contributed by atoms with E-state index < -0.39 is 0 Å². The van der Waals surface area contributed by atoms with Gasteiger partial charge in [0.05, 0.1) is 10.8 Å². The number of hydrogen-bond donors (Lipinski definition) is 3. The molecule has 0 radical (unpaired) electrons. The average Bonchev–Trinajstić information content (AvgIpc) is 3.24. The molecule has 0 amide bonds. The second-order valence-corrected chi connectivity index (χ2v) is 6.80. The molecule has 0 unspecified atom stereocenters. The van der Waals surface area contributed by atoms with Crippen LogP contribution in [0.5, 0.6) is 0 Å². The van der Waals surface area contributed by atoms with Gasteiger partial charge in [0.15, 0.2) is 4.77 Å². The fourth-order valence-corrected chi connectivity index (χ4v) is 3.47. The number of carbonyl (C=O) groups excluding carboxylic acids is 1. The molecule has 0 saturated heterocycles. The molecular weight excluding hydrogens is 306 g/mol. The van der Waals surface area contributed by atoms with Gasteiger partial charge in [0.1, 0.15) is 11.5 Å². The first-order chi connectivity index (χ1) is 10.1. The summed E-state index contributed by atoms with van der Waals surface area (Å²) in [7, 11) is 0. The fourth-order valence-electron chi connectivity index (χ4n) is 2.31. The fraction of sp³-hybridized carbons (Fsp3) is 0.500. The molecule has 1 aliphatic heterocycles. The van der Waals surface area contributed by atoms with E-state index in [1.165, 1.54) is 11.8 Å². The van der Waals surface area contributed by atoms with E-state index in [0.29, 0.717) is 22.0 Å². The largest absolute Gasteiger partial charge is 0.345 e. The molecule has 0 bridgehead atoms. The van der Waals surface area contributed by atoms with Gasteiger partial charge in [-0.1, -0.05) is 6.08 Å². The van der Waals surface area contributed by atoms with Crippen LogP contribution in [-0.2, 0) is 11.2 Å². The van der Waals surface area contributed by atoms with Crippen molar-refractivity contribution in [2.24, 2.45) is 5.92 Å². The zero-order chi connectivity index (χ0) is 14.8. The van der Waals surface area contributed by atoms with Crippen LogP contribution in [0.1, 0.15) is 31.4 Å². The Morgan fingerprint density at radius 3 is 2.95 bits per heavy atom. The molecule has 0 aromatic carbocycles. The van der Waals surface area contributed by atoms with Gasteiger partial charge in [-0.3, -0.25) is 14.6 Å². The number of thioether (sulfide) groups is 1. The van der Waals surface area contributed by atoms with Gasteiger partial charge in [-0.05, 0) is 44.3 Å². The van der Waals surface area contributed by atoms with Crippen molar-refractivity contribution < 1.29 is 4.79 Å². The van der Waals surface area contributed by atoms with Gasteiger partial charge in [0, 0.05) is 11.6 Å². The maximum absolute atomic E-state index is 12.0. The summed E-state index contributed by atoms with van der Waals surface area (Å²) < 4.78 is 0.350. The van der Waals surface area contributed by atoms with Gasteiger partial charge < -0.3 is 10.3 Å². The number of anilines is 1. The summed E-state index contributed by atoms with van der Waals surface area (Å²) in [6, 6.07) is 0. The van der Waals surface area contributed by atoms with E-state index in [0.717, 1.165) is 42.8 Å². The summed E-state index contributed by atoms with van der Waals surface area (Å²) in [4.78, 5) is 29.5. The summed E-state index contributed by atoms with van der Waals surface area (Å²) in [5, 5.41) is 4.04. The van der Waals surface area contributed by atoms with Crippen molar-refractivity contribution in [3.63, 3.8) is 0 Å². The van der Waals surface area contributed by atoms with Crippen LogP contribution in [0.4, 0.5) is 5.69 Å². The molecule has 1 aromatic heterocycles.